The van der Waals surface area contributed by atoms with Crippen molar-refractivity contribution < 1.29 is 19.8 Å². The average Bonchev–Trinajstić information content (AvgIpc) is 2.19. The highest BCUT2D eigenvalue weighted by Gasteiger charge is 2.29. The molecule has 2 rings (SSSR count). The number of allylic oxidation sites excluding steroid dienone is 2. The van der Waals surface area contributed by atoms with Crippen LogP contribution in [0.3, 0.4) is 0 Å². The van der Waals surface area contributed by atoms with E-state index in [0.29, 0.717) is 4.47 Å². The van der Waals surface area contributed by atoms with Crippen LogP contribution in [-0.2, 0) is 0 Å². The minimum Gasteiger partial charge on any atom is -0.506 e. The first-order chi connectivity index (χ1) is 7.02. The van der Waals surface area contributed by atoms with Gasteiger partial charge in [-0.2, -0.15) is 0 Å². The highest BCUT2D eigenvalue weighted by atomic mass is 79.9. The number of carbonyl (C=O) groups is 2. The molecule has 76 valence electrons. The molecule has 2 N–H and O–H groups in total. The zero-order valence-corrected chi connectivity index (χ0v) is 8.91. The van der Waals surface area contributed by atoms with Crippen LogP contribution >= 0.6 is 15.9 Å². The number of aliphatic hydroxyl groups is 1. The Morgan fingerprint density at radius 2 is 1.80 bits per heavy atom. The van der Waals surface area contributed by atoms with E-state index in [4.69, 9.17) is 0 Å². The van der Waals surface area contributed by atoms with Crippen LogP contribution in [0.4, 0.5) is 0 Å². The van der Waals surface area contributed by atoms with E-state index in [1.165, 1.54) is 12.1 Å². The Bertz CT molecular complexity index is 516. The van der Waals surface area contributed by atoms with Crippen LogP contribution in [0.15, 0.2) is 28.4 Å². The van der Waals surface area contributed by atoms with Gasteiger partial charge >= 0.3 is 0 Å². The molecule has 15 heavy (non-hydrogen) atoms. The Labute approximate surface area is 93.0 Å². The third-order valence-electron chi connectivity index (χ3n) is 2.12. The van der Waals surface area contributed by atoms with E-state index in [1.54, 1.807) is 0 Å². The molecule has 1 aromatic rings. The van der Waals surface area contributed by atoms with Gasteiger partial charge in [0, 0.05) is 11.6 Å². The Morgan fingerprint density at radius 3 is 2.47 bits per heavy atom. The molecule has 0 heterocycles. The van der Waals surface area contributed by atoms with Crippen LogP contribution in [0.2, 0.25) is 0 Å². The molecule has 0 unspecified atom stereocenters. The van der Waals surface area contributed by atoms with Crippen LogP contribution in [0.25, 0.3) is 0 Å². The predicted molar refractivity (Wildman–Crippen MR) is 55.2 cm³/mol. The number of carbonyl (C=O) groups excluding carboxylic acids is 2. The first-order valence-corrected chi connectivity index (χ1v) is 4.83. The number of hydrogen-bond acceptors (Lipinski definition) is 4. The topological polar surface area (TPSA) is 74.6 Å². The van der Waals surface area contributed by atoms with Crippen molar-refractivity contribution in [2.24, 2.45) is 0 Å². The van der Waals surface area contributed by atoms with Gasteiger partial charge in [0.25, 0.3) is 0 Å². The van der Waals surface area contributed by atoms with Gasteiger partial charge in [-0.05, 0) is 28.1 Å². The van der Waals surface area contributed by atoms with Gasteiger partial charge in [-0.25, -0.2) is 0 Å². The zero-order chi connectivity index (χ0) is 11.2. The van der Waals surface area contributed by atoms with Crippen LogP contribution in [-0.4, -0.2) is 21.8 Å². The fraction of sp³-hybridized carbons (Fsp3) is 0. The minimum atomic E-state index is -0.747. The van der Waals surface area contributed by atoms with Crippen molar-refractivity contribution >= 4 is 27.5 Å². The molecule has 0 aliphatic heterocycles. The number of fused-ring (bicyclic) bond motifs is 1. The molecule has 0 bridgehead atoms. The van der Waals surface area contributed by atoms with Crippen LogP contribution in [0, 0.1) is 0 Å². The van der Waals surface area contributed by atoms with Gasteiger partial charge < -0.3 is 10.2 Å². The number of phenols is 1. The lowest BCUT2D eigenvalue weighted by molar-refractivity contribution is 0.0936. The third kappa shape index (κ3) is 1.35. The van der Waals surface area contributed by atoms with E-state index < -0.39 is 17.3 Å². The smallest absolute Gasteiger partial charge is 0.231 e. The molecule has 5 heteroatoms. The maximum absolute atomic E-state index is 11.5. The zero-order valence-electron chi connectivity index (χ0n) is 7.32. The first kappa shape index (κ1) is 9.92. The molecule has 1 aliphatic carbocycles. The molecule has 0 radical (unpaired) electrons. The summed E-state index contributed by atoms with van der Waals surface area (Å²) < 4.78 is 0.303. The van der Waals surface area contributed by atoms with Crippen LogP contribution < -0.4 is 0 Å². The van der Waals surface area contributed by atoms with E-state index in [2.05, 4.69) is 15.9 Å². The lowest BCUT2D eigenvalue weighted by atomic mass is 9.93. The monoisotopic (exact) mass is 268 g/mol. The largest absolute Gasteiger partial charge is 0.506 e. The van der Waals surface area contributed by atoms with E-state index in [-0.39, 0.29) is 16.9 Å². The van der Waals surface area contributed by atoms with Gasteiger partial charge in [-0.1, -0.05) is 0 Å². The quantitative estimate of drug-likeness (QED) is 0.755. The number of ketones is 2. The number of hydrogen-bond donors (Lipinski definition) is 2. The lowest BCUT2D eigenvalue weighted by Crippen LogP contribution is -2.16. The molecule has 0 aromatic heterocycles. The Hall–Kier alpha value is -1.62. The lowest BCUT2D eigenvalue weighted by Gasteiger charge is -2.13. The molecule has 0 spiro atoms. The van der Waals surface area contributed by atoms with Crippen LogP contribution in [0.5, 0.6) is 5.75 Å². The molecule has 1 aromatic carbocycles. The first-order valence-electron chi connectivity index (χ1n) is 4.03. The maximum Gasteiger partial charge on any atom is 0.231 e. The number of phenolic OH excluding ortho intramolecular Hbond substituents is 1. The SMILES string of the molecule is O=C1C=C(O)C(=O)c2c1ccc(Br)c2O. The molecule has 0 saturated carbocycles. The van der Waals surface area contributed by atoms with Gasteiger partial charge in [-0.15, -0.1) is 0 Å². The summed E-state index contributed by atoms with van der Waals surface area (Å²) in [6, 6.07) is 2.89. The van der Waals surface area contributed by atoms with Gasteiger partial charge in [0.05, 0.1) is 10.0 Å². The molecule has 0 amide bonds. The van der Waals surface area contributed by atoms with Crippen molar-refractivity contribution in [1.29, 1.82) is 0 Å². The normalized spacial score (nSPS) is 14.9. The summed E-state index contributed by atoms with van der Waals surface area (Å²) in [7, 11) is 0. The van der Waals surface area contributed by atoms with Crippen molar-refractivity contribution in [2.75, 3.05) is 0 Å². The van der Waals surface area contributed by atoms with E-state index in [1.807, 2.05) is 0 Å². The fourth-order valence-corrected chi connectivity index (χ4v) is 1.73. The Kier molecular flexibility index (Phi) is 2.12. The molecule has 1 aliphatic rings. The van der Waals surface area contributed by atoms with Crippen molar-refractivity contribution in [3.8, 4) is 5.75 Å². The summed E-state index contributed by atoms with van der Waals surface area (Å²) in [6.45, 7) is 0. The predicted octanol–water partition coefficient (Wildman–Crippen LogP) is 1.98. The van der Waals surface area contributed by atoms with Gasteiger partial charge in [0.15, 0.2) is 11.5 Å². The van der Waals surface area contributed by atoms with Gasteiger partial charge in [-0.3, -0.25) is 9.59 Å². The Morgan fingerprint density at radius 1 is 1.13 bits per heavy atom. The van der Waals surface area contributed by atoms with E-state index >= 15 is 0 Å². The number of rotatable bonds is 0. The molecule has 0 fully saturated rings. The second-order valence-electron chi connectivity index (χ2n) is 3.04. The summed E-state index contributed by atoms with van der Waals surface area (Å²) in [4.78, 5) is 22.9. The third-order valence-corrected chi connectivity index (χ3v) is 2.76. The van der Waals surface area contributed by atoms with Gasteiger partial charge in [0.1, 0.15) is 5.75 Å². The van der Waals surface area contributed by atoms with E-state index in [0.717, 1.165) is 6.08 Å². The fourth-order valence-electron chi connectivity index (χ4n) is 1.40. The number of benzene rings is 1. The molecular weight excluding hydrogens is 264 g/mol. The number of aliphatic hydroxyl groups excluding tert-OH is 1. The molecule has 0 atom stereocenters. The standard InChI is InChI=1S/C10H5BrO4/c11-5-2-1-4-6(12)3-7(13)10(15)8(4)9(5)14/h1-3,13-14H. The second-order valence-corrected chi connectivity index (χ2v) is 3.90. The van der Waals surface area contributed by atoms with Crippen LogP contribution in [0.1, 0.15) is 20.7 Å². The van der Waals surface area contributed by atoms with Crippen molar-refractivity contribution in [3.63, 3.8) is 0 Å². The highest BCUT2D eigenvalue weighted by molar-refractivity contribution is 9.10. The number of Topliss-reactive ketones (excluding diaryl/α,β-unsaturated/α-hetero) is 1. The highest BCUT2D eigenvalue weighted by Crippen LogP contribution is 2.34. The summed E-state index contributed by atoms with van der Waals surface area (Å²) in [6.07, 6.45) is 0.845. The molecule has 4 nitrogen and oxygen atoms in total. The maximum atomic E-state index is 11.5. The molecule has 0 saturated heterocycles. The second kappa shape index (κ2) is 3.20. The summed E-state index contributed by atoms with van der Waals surface area (Å²) in [5.41, 5.74) is -0.0622. The summed E-state index contributed by atoms with van der Waals surface area (Å²) in [5, 5.41) is 18.8. The van der Waals surface area contributed by atoms with Crippen molar-refractivity contribution in [3.05, 3.63) is 39.6 Å². The van der Waals surface area contributed by atoms with Crippen molar-refractivity contribution in [2.45, 2.75) is 0 Å². The summed E-state index contributed by atoms with van der Waals surface area (Å²) >= 11 is 3.03. The average molecular weight is 269 g/mol. The number of aromatic hydroxyl groups is 1. The van der Waals surface area contributed by atoms with E-state index in [9.17, 15) is 19.8 Å². The van der Waals surface area contributed by atoms with Crippen molar-refractivity contribution in [1.82, 2.24) is 0 Å². The Balaban J connectivity index is 2.79. The molecular formula is C10H5BrO4. The summed E-state index contributed by atoms with van der Waals surface area (Å²) in [5.74, 6) is -2.22. The number of halogens is 1. The minimum absolute atomic E-state index is 0.0958. The van der Waals surface area contributed by atoms with Gasteiger partial charge in [0.2, 0.25) is 5.78 Å².